The Morgan fingerprint density at radius 1 is 1.24 bits per heavy atom. The first-order valence-electron chi connectivity index (χ1n) is 6.72. The van der Waals surface area contributed by atoms with Gasteiger partial charge in [-0.3, -0.25) is 0 Å². The Bertz CT molecular complexity index is 1090. The van der Waals surface area contributed by atoms with Crippen LogP contribution in [0.5, 0.6) is 0 Å². The van der Waals surface area contributed by atoms with E-state index in [0.29, 0.717) is 5.69 Å². The number of sulfone groups is 1. The average Bonchev–Trinajstić information content (AvgIpc) is 3.25. The van der Waals surface area contributed by atoms with Crippen molar-refractivity contribution >= 4 is 61.8 Å². The normalized spacial score (nSPS) is 12.1. The van der Waals surface area contributed by atoms with Gasteiger partial charge in [0.1, 0.15) is 11.1 Å². The zero-order valence-electron chi connectivity index (χ0n) is 12.3. The molecule has 3 rings (SSSR count). The standard InChI is InChI=1S/C16H8Cl2N2O2S3/c17-11-1-2-14(18)15(5-11)25(21,22)13(7-19)6-12-9-24-16(20-12)10-3-4-23-8-10/h1-6,8-9H. The van der Waals surface area contributed by atoms with Crippen molar-refractivity contribution < 1.29 is 8.42 Å². The predicted molar refractivity (Wildman–Crippen MR) is 103 cm³/mol. The fraction of sp³-hybridized carbons (Fsp3) is 0. The van der Waals surface area contributed by atoms with Gasteiger partial charge in [-0.2, -0.15) is 16.6 Å². The summed E-state index contributed by atoms with van der Waals surface area (Å²) in [7, 11) is -4.10. The SMILES string of the molecule is N#CC(=Cc1csc(-c2ccsc2)n1)S(=O)(=O)c1cc(Cl)ccc1Cl. The van der Waals surface area contributed by atoms with Crippen LogP contribution in [0.4, 0.5) is 0 Å². The van der Waals surface area contributed by atoms with Gasteiger partial charge in [0.15, 0.2) is 4.91 Å². The Morgan fingerprint density at radius 2 is 2.04 bits per heavy atom. The molecular formula is C16H8Cl2N2O2S3. The Balaban J connectivity index is 2.03. The van der Waals surface area contributed by atoms with Crippen molar-refractivity contribution in [2.24, 2.45) is 0 Å². The van der Waals surface area contributed by atoms with E-state index in [1.165, 1.54) is 35.6 Å². The van der Waals surface area contributed by atoms with E-state index < -0.39 is 14.7 Å². The molecule has 0 amide bonds. The highest BCUT2D eigenvalue weighted by Gasteiger charge is 2.24. The maximum atomic E-state index is 12.7. The minimum Gasteiger partial charge on any atom is -0.237 e. The van der Waals surface area contributed by atoms with Crippen LogP contribution >= 0.6 is 45.9 Å². The van der Waals surface area contributed by atoms with E-state index >= 15 is 0 Å². The number of halogens is 2. The molecule has 3 aromatic rings. The van der Waals surface area contributed by atoms with Crippen LogP contribution in [0, 0.1) is 11.3 Å². The molecular weight excluding hydrogens is 419 g/mol. The highest BCUT2D eigenvalue weighted by atomic mass is 35.5. The molecule has 1 aromatic carbocycles. The second kappa shape index (κ2) is 7.28. The molecule has 0 aliphatic rings. The van der Waals surface area contributed by atoms with Crippen LogP contribution < -0.4 is 0 Å². The third-order valence-corrected chi connectivity index (χ3v) is 7.13. The summed E-state index contributed by atoms with van der Waals surface area (Å²) >= 11 is 14.7. The molecule has 0 aliphatic heterocycles. The van der Waals surface area contributed by atoms with E-state index in [4.69, 9.17) is 23.2 Å². The predicted octanol–water partition coefficient (Wildman–Crippen LogP) is 5.52. The Morgan fingerprint density at radius 3 is 2.72 bits per heavy atom. The van der Waals surface area contributed by atoms with E-state index in [1.807, 2.05) is 16.8 Å². The molecule has 2 heterocycles. The molecule has 0 saturated heterocycles. The van der Waals surface area contributed by atoms with Crippen LogP contribution in [0.1, 0.15) is 5.69 Å². The summed E-state index contributed by atoms with van der Waals surface area (Å²) in [5.74, 6) is 0. The van der Waals surface area contributed by atoms with Crippen molar-refractivity contribution in [3.05, 3.63) is 61.0 Å². The van der Waals surface area contributed by atoms with Gasteiger partial charge in [0, 0.05) is 21.3 Å². The second-order valence-corrected chi connectivity index (χ2v) is 9.16. The highest BCUT2D eigenvalue weighted by molar-refractivity contribution is 7.95. The number of hydrogen-bond donors (Lipinski definition) is 0. The number of allylic oxidation sites excluding steroid dienone is 1. The number of thiazole rings is 1. The van der Waals surface area contributed by atoms with E-state index in [1.54, 1.807) is 22.8 Å². The van der Waals surface area contributed by atoms with Gasteiger partial charge in [-0.25, -0.2) is 13.4 Å². The van der Waals surface area contributed by atoms with Crippen molar-refractivity contribution in [2.45, 2.75) is 4.90 Å². The molecule has 126 valence electrons. The molecule has 0 fully saturated rings. The van der Waals surface area contributed by atoms with E-state index in [0.717, 1.165) is 10.6 Å². The fourth-order valence-electron chi connectivity index (χ4n) is 1.98. The lowest BCUT2D eigenvalue weighted by molar-refractivity contribution is 0.603. The van der Waals surface area contributed by atoms with Gasteiger partial charge in [-0.05, 0) is 35.7 Å². The quantitative estimate of drug-likeness (QED) is 0.515. The van der Waals surface area contributed by atoms with Gasteiger partial charge in [-0.1, -0.05) is 23.2 Å². The van der Waals surface area contributed by atoms with Crippen molar-refractivity contribution in [3.63, 3.8) is 0 Å². The lowest BCUT2D eigenvalue weighted by Gasteiger charge is -2.05. The van der Waals surface area contributed by atoms with E-state index in [-0.39, 0.29) is 14.9 Å². The van der Waals surface area contributed by atoms with Gasteiger partial charge in [0.25, 0.3) is 0 Å². The molecule has 0 N–H and O–H groups in total. The number of thiophene rings is 1. The Kier molecular flexibility index (Phi) is 5.27. The minimum absolute atomic E-state index is 0.00258. The van der Waals surface area contributed by atoms with Crippen LogP contribution in [0.15, 0.2) is 50.2 Å². The third kappa shape index (κ3) is 3.78. The number of rotatable bonds is 4. The van der Waals surface area contributed by atoms with Gasteiger partial charge in [0.05, 0.1) is 15.6 Å². The average molecular weight is 427 g/mol. The number of hydrogen-bond acceptors (Lipinski definition) is 6. The van der Waals surface area contributed by atoms with E-state index in [2.05, 4.69) is 4.98 Å². The first-order valence-corrected chi connectivity index (χ1v) is 10.8. The smallest absolute Gasteiger partial charge is 0.218 e. The number of nitrogens with zero attached hydrogens (tertiary/aromatic N) is 2. The van der Waals surface area contributed by atoms with Gasteiger partial charge >= 0.3 is 0 Å². The monoisotopic (exact) mass is 426 g/mol. The summed E-state index contributed by atoms with van der Waals surface area (Å²) in [6.07, 6.45) is 1.24. The molecule has 25 heavy (non-hydrogen) atoms. The summed E-state index contributed by atoms with van der Waals surface area (Å²) in [4.78, 5) is 3.71. The molecule has 0 radical (unpaired) electrons. The van der Waals surface area contributed by atoms with E-state index in [9.17, 15) is 13.7 Å². The molecule has 0 spiro atoms. The lowest BCUT2D eigenvalue weighted by atomic mass is 10.3. The second-order valence-electron chi connectivity index (χ2n) is 4.79. The lowest BCUT2D eigenvalue weighted by Crippen LogP contribution is -2.04. The number of nitriles is 1. The van der Waals surface area contributed by atoms with Crippen molar-refractivity contribution in [2.75, 3.05) is 0 Å². The molecule has 0 atom stereocenters. The third-order valence-electron chi connectivity index (χ3n) is 3.15. The van der Waals surface area contributed by atoms with Gasteiger partial charge < -0.3 is 0 Å². The molecule has 0 unspecified atom stereocenters. The number of aromatic nitrogens is 1. The van der Waals surface area contributed by atoms with Gasteiger partial charge in [0.2, 0.25) is 9.84 Å². The summed E-state index contributed by atoms with van der Waals surface area (Å²) < 4.78 is 25.4. The summed E-state index contributed by atoms with van der Waals surface area (Å²) in [6, 6.07) is 7.72. The molecule has 9 heteroatoms. The molecule has 0 saturated carbocycles. The topological polar surface area (TPSA) is 70.8 Å². The highest BCUT2D eigenvalue weighted by Crippen LogP contribution is 2.31. The molecule has 2 aromatic heterocycles. The Hall–Kier alpha value is -1.69. The maximum Gasteiger partial charge on any atom is 0.218 e. The summed E-state index contributed by atoms with van der Waals surface area (Å²) in [5, 5.41) is 15.9. The zero-order chi connectivity index (χ0) is 18.0. The van der Waals surface area contributed by atoms with Gasteiger partial charge in [-0.15, -0.1) is 11.3 Å². The van der Waals surface area contributed by atoms with Crippen molar-refractivity contribution in [3.8, 4) is 16.6 Å². The van der Waals surface area contributed by atoms with Crippen LogP contribution in [-0.4, -0.2) is 13.4 Å². The summed E-state index contributed by atoms with van der Waals surface area (Å²) in [5.41, 5.74) is 1.35. The zero-order valence-corrected chi connectivity index (χ0v) is 16.3. The van der Waals surface area contributed by atoms with Crippen LogP contribution in [0.2, 0.25) is 10.0 Å². The first-order chi connectivity index (χ1) is 11.9. The molecule has 0 bridgehead atoms. The van der Waals surface area contributed by atoms with Crippen molar-refractivity contribution in [1.82, 2.24) is 4.98 Å². The van der Waals surface area contributed by atoms with Crippen LogP contribution in [-0.2, 0) is 9.84 Å². The Labute approximate surface area is 162 Å². The van der Waals surface area contributed by atoms with Crippen molar-refractivity contribution in [1.29, 1.82) is 5.26 Å². The van der Waals surface area contributed by atoms with Crippen LogP contribution in [0.25, 0.3) is 16.6 Å². The number of benzene rings is 1. The van der Waals surface area contributed by atoms with Crippen LogP contribution in [0.3, 0.4) is 0 Å². The molecule has 0 aliphatic carbocycles. The fourth-order valence-corrected chi connectivity index (χ4v) is 5.37. The molecule has 4 nitrogen and oxygen atoms in total. The maximum absolute atomic E-state index is 12.7. The first kappa shape index (κ1) is 18.1. The largest absolute Gasteiger partial charge is 0.237 e. The summed E-state index contributed by atoms with van der Waals surface area (Å²) in [6.45, 7) is 0. The minimum atomic E-state index is -4.10.